The van der Waals surface area contributed by atoms with E-state index in [0.717, 1.165) is 12.5 Å². The lowest BCUT2D eigenvalue weighted by Gasteiger charge is -2.12. The second-order valence-electron chi connectivity index (χ2n) is 4.93. The van der Waals surface area contributed by atoms with Gasteiger partial charge in [-0.25, -0.2) is 0 Å². The number of hydrogen-bond donors (Lipinski definition) is 2. The summed E-state index contributed by atoms with van der Waals surface area (Å²) in [4.78, 5) is 12.1. The number of rotatable bonds is 8. The second kappa shape index (κ2) is 7.14. The molecule has 1 aromatic rings. The van der Waals surface area contributed by atoms with Crippen molar-refractivity contribution in [3.63, 3.8) is 0 Å². The third-order valence-electron chi connectivity index (χ3n) is 3.16. The molecule has 1 aliphatic rings. The summed E-state index contributed by atoms with van der Waals surface area (Å²) < 4.78 is 10.9. The molecule has 20 heavy (non-hydrogen) atoms. The van der Waals surface area contributed by atoms with Crippen LogP contribution in [0.5, 0.6) is 5.75 Å². The van der Waals surface area contributed by atoms with Crippen molar-refractivity contribution in [3.8, 4) is 5.75 Å². The van der Waals surface area contributed by atoms with E-state index in [1.54, 1.807) is 18.2 Å². The van der Waals surface area contributed by atoms with Crippen LogP contribution in [0.15, 0.2) is 18.2 Å². The van der Waals surface area contributed by atoms with Gasteiger partial charge in [-0.3, -0.25) is 4.79 Å². The minimum absolute atomic E-state index is 0.184. The van der Waals surface area contributed by atoms with Gasteiger partial charge in [-0.05, 0) is 37.8 Å². The van der Waals surface area contributed by atoms with Crippen LogP contribution < -0.4 is 15.8 Å². The lowest BCUT2D eigenvalue weighted by atomic mass is 10.1. The van der Waals surface area contributed by atoms with Crippen LogP contribution in [0.2, 0.25) is 0 Å². The zero-order valence-electron chi connectivity index (χ0n) is 11.9. The van der Waals surface area contributed by atoms with Gasteiger partial charge in [-0.1, -0.05) is 6.07 Å². The van der Waals surface area contributed by atoms with E-state index < -0.39 is 0 Å². The number of nitrogen functional groups attached to an aromatic ring is 1. The summed E-state index contributed by atoms with van der Waals surface area (Å²) in [5, 5.41) is 2.82. The van der Waals surface area contributed by atoms with Crippen molar-refractivity contribution in [1.82, 2.24) is 5.32 Å². The molecule has 2 rings (SSSR count). The number of para-hydroxylation sites is 1. The number of nitrogens with two attached hydrogens (primary N) is 1. The van der Waals surface area contributed by atoms with Crippen LogP contribution >= 0.6 is 0 Å². The van der Waals surface area contributed by atoms with Gasteiger partial charge in [0.2, 0.25) is 0 Å². The van der Waals surface area contributed by atoms with Crippen molar-refractivity contribution < 1.29 is 14.3 Å². The largest absolute Gasteiger partial charge is 0.491 e. The summed E-state index contributed by atoms with van der Waals surface area (Å²) in [6.07, 6.45) is 2.54. The predicted octanol–water partition coefficient (Wildman–Crippen LogP) is 1.82. The van der Waals surface area contributed by atoms with Gasteiger partial charge in [0, 0.05) is 13.2 Å². The molecule has 0 atom stereocenters. The molecule has 5 nitrogen and oxygen atoms in total. The highest BCUT2D eigenvalue weighted by atomic mass is 16.5. The van der Waals surface area contributed by atoms with E-state index in [2.05, 4.69) is 5.32 Å². The molecule has 3 N–H and O–H groups in total. The molecule has 1 fully saturated rings. The summed E-state index contributed by atoms with van der Waals surface area (Å²) in [6.45, 7) is 4.16. The third kappa shape index (κ3) is 4.13. The van der Waals surface area contributed by atoms with E-state index in [0.29, 0.717) is 36.8 Å². The van der Waals surface area contributed by atoms with Gasteiger partial charge in [0.25, 0.3) is 5.91 Å². The van der Waals surface area contributed by atoms with E-state index in [1.165, 1.54) is 12.8 Å². The van der Waals surface area contributed by atoms with Crippen molar-refractivity contribution >= 4 is 11.6 Å². The quantitative estimate of drug-likeness (QED) is 0.562. The minimum Gasteiger partial charge on any atom is -0.491 e. The van der Waals surface area contributed by atoms with Crippen LogP contribution in [0.3, 0.4) is 0 Å². The highest BCUT2D eigenvalue weighted by Crippen LogP contribution is 2.28. The minimum atomic E-state index is -0.184. The molecule has 0 spiro atoms. The summed E-state index contributed by atoms with van der Waals surface area (Å²) in [5.74, 6) is 1.01. The Labute approximate surface area is 119 Å². The van der Waals surface area contributed by atoms with Gasteiger partial charge in [0.1, 0.15) is 0 Å². The molecular weight excluding hydrogens is 256 g/mol. The van der Waals surface area contributed by atoms with Crippen LogP contribution in [0.1, 0.15) is 30.1 Å². The number of anilines is 1. The molecule has 0 radical (unpaired) electrons. The predicted molar refractivity (Wildman–Crippen MR) is 77.9 cm³/mol. The number of hydrogen-bond acceptors (Lipinski definition) is 4. The molecule has 1 aromatic carbocycles. The Bertz CT molecular complexity index is 458. The topological polar surface area (TPSA) is 73.6 Å². The smallest absolute Gasteiger partial charge is 0.255 e. The summed E-state index contributed by atoms with van der Waals surface area (Å²) >= 11 is 0. The molecule has 5 heteroatoms. The van der Waals surface area contributed by atoms with E-state index in [-0.39, 0.29) is 5.91 Å². The Balaban J connectivity index is 1.82. The van der Waals surface area contributed by atoms with Gasteiger partial charge >= 0.3 is 0 Å². The van der Waals surface area contributed by atoms with Gasteiger partial charge in [0.15, 0.2) is 5.75 Å². The highest BCUT2D eigenvalue weighted by molar-refractivity contribution is 5.98. The molecule has 110 valence electrons. The molecule has 0 bridgehead atoms. The first-order valence-corrected chi connectivity index (χ1v) is 7.09. The molecule has 0 aliphatic heterocycles. The van der Waals surface area contributed by atoms with Crippen LogP contribution in [0.4, 0.5) is 5.69 Å². The van der Waals surface area contributed by atoms with Gasteiger partial charge in [-0.2, -0.15) is 0 Å². The Kier molecular flexibility index (Phi) is 5.24. The second-order valence-corrected chi connectivity index (χ2v) is 4.93. The molecular formula is C15H22N2O3. The highest BCUT2D eigenvalue weighted by Gasteiger charge is 2.21. The number of nitrogens with one attached hydrogen (secondary N) is 1. The van der Waals surface area contributed by atoms with Crippen molar-refractivity contribution in [3.05, 3.63) is 23.8 Å². The van der Waals surface area contributed by atoms with Crippen LogP contribution in [0.25, 0.3) is 0 Å². The average molecular weight is 278 g/mol. The zero-order chi connectivity index (χ0) is 14.4. The lowest BCUT2D eigenvalue weighted by molar-refractivity contribution is 0.0903. The first-order chi connectivity index (χ1) is 9.72. The third-order valence-corrected chi connectivity index (χ3v) is 3.16. The monoisotopic (exact) mass is 278 g/mol. The molecule has 0 heterocycles. The standard InChI is InChI=1S/C15H22N2O3/c1-2-20-14-12(4-3-5-13(14)16)15(18)17-8-9-19-10-11-6-7-11/h3-5,11H,2,6-10,16H2,1H3,(H,17,18). The SMILES string of the molecule is CCOc1c(N)cccc1C(=O)NCCOCC1CC1. The van der Waals surface area contributed by atoms with Crippen LogP contribution in [0, 0.1) is 5.92 Å². The molecule has 0 saturated heterocycles. The Morgan fingerprint density at radius 1 is 1.45 bits per heavy atom. The lowest BCUT2D eigenvalue weighted by Crippen LogP contribution is -2.28. The van der Waals surface area contributed by atoms with Crippen molar-refractivity contribution in [1.29, 1.82) is 0 Å². The summed E-state index contributed by atoms with van der Waals surface area (Å²) in [6, 6.07) is 5.18. The Morgan fingerprint density at radius 2 is 2.25 bits per heavy atom. The van der Waals surface area contributed by atoms with Crippen LogP contribution in [-0.2, 0) is 4.74 Å². The van der Waals surface area contributed by atoms with E-state index >= 15 is 0 Å². The molecule has 1 aliphatic carbocycles. The summed E-state index contributed by atoms with van der Waals surface area (Å²) in [7, 11) is 0. The molecule has 1 saturated carbocycles. The molecule has 1 amide bonds. The first kappa shape index (κ1) is 14.7. The van der Waals surface area contributed by atoms with E-state index in [1.807, 2.05) is 6.92 Å². The fourth-order valence-corrected chi connectivity index (χ4v) is 1.91. The fourth-order valence-electron chi connectivity index (χ4n) is 1.91. The molecule has 0 aromatic heterocycles. The van der Waals surface area contributed by atoms with E-state index in [4.69, 9.17) is 15.2 Å². The average Bonchev–Trinajstić information content (AvgIpc) is 3.25. The number of amides is 1. The normalized spacial score (nSPS) is 14.1. The van der Waals surface area contributed by atoms with E-state index in [9.17, 15) is 4.79 Å². The van der Waals surface area contributed by atoms with Crippen molar-refractivity contribution in [2.24, 2.45) is 5.92 Å². The van der Waals surface area contributed by atoms with Crippen molar-refractivity contribution in [2.45, 2.75) is 19.8 Å². The fraction of sp³-hybridized carbons (Fsp3) is 0.533. The zero-order valence-corrected chi connectivity index (χ0v) is 11.9. The van der Waals surface area contributed by atoms with Gasteiger partial charge < -0.3 is 20.5 Å². The maximum atomic E-state index is 12.1. The maximum Gasteiger partial charge on any atom is 0.255 e. The Morgan fingerprint density at radius 3 is 2.95 bits per heavy atom. The van der Waals surface area contributed by atoms with Crippen LogP contribution in [-0.4, -0.2) is 32.3 Å². The van der Waals surface area contributed by atoms with Crippen molar-refractivity contribution in [2.75, 3.05) is 32.1 Å². The Hall–Kier alpha value is -1.75. The number of carbonyl (C=O) groups excluding carboxylic acids is 1. The van der Waals surface area contributed by atoms with Gasteiger partial charge in [0.05, 0.1) is 24.5 Å². The maximum absolute atomic E-state index is 12.1. The van der Waals surface area contributed by atoms with Gasteiger partial charge in [-0.15, -0.1) is 0 Å². The first-order valence-electron chi connectivity index (χ1n) is 7.09. The number of benzene rings is 1. The summed E-state index contributed by atoms with van der Waals surface area (Å²) in [5.41, 5.74) is 6.78. The number of ether oxygens (including phenoxy) is 2. The molecule has 0 unspecified atom stereocenters. The number of carbonyl (C=O) groups is 1.